The number of nitrogens with zero attached hydrogens (tertiary/aromatic N) is 4. The van der Waals surface area contributed by atoms with E-state index in [1.807, 2.05) is 35.2 Å². The van der Waals surface area contributed by atoms with Gasteiger partial charge in [0.15, 0.2) is 0 Å². The second-order valence-corrected chi connectivity index (χ2v) is 9.59. The summed E-state index contributed by atoms with van der Waals surface area (Å²) in [5.41, 5.74) is 2.44. The first-order chi connectivity index (χ1) is 17.1. The zero-order chi connectivity index (χ0) is 24.4. The molecule has 2 aromatic rings. The summed E-state index contributed by atoms with van der Waals surface area (Å²) in [4.78, 5) is 26.1. The highest BCUT2D eigenvalue weighted by atomic mass is 19.2. The molecule has 4 atom stereocenters. The van der Waals surface area contributed by atoms with E-state index in [0.717, 1.165) is 67.5 Å². The van der Waals surface area contributed by atoms with Crippen molar-refractivity contribution in [2.24, 2.45) is 0 Å². The van der Waals surface area contributed by atoms with Crippen LogP contribution in [0.1, 0.15) is 68.7 Å². The number of aromatic amines is 1. The van der Waals surface area contributed by atoms with Gasteiger partial charge in [-0.05, 0) is 50.9 Å². The Labute approximate surface area is 206 Å². The van der Waals surface area contributed by atoms with Crippen molar-refractivity contribution >= 4 is 11.6 Å². The normalized spacial score (nSPS) is 25.3. The maximum atomic E-state index is 14.6. The van der Waals surface area contributed by atoms with Crippen molar-refractivity contribution in [3.8, 4) is 0 Å². The summed E-state index contributed by atoms with van der Waals surface area (Å²) in [6.45, 7) is 7.40. The van der Waals surface area contributed by atoms with E-state index in [1.165, 1.54) is 6.20 Å². The predicted molar refractivity (Wildman–Crippen MR) is 133 cm³/mol. The molecule has 0 radical (unpaired) electrons. The van der Waals surface area contributed by atoms with Crippen LogP contribution >= 0.6 is 0 Å². The summed E-state index contributed by atoms with van der Waals surface area (Å²) >= 11 is 0. The SMILES string of the molecule is CCN(CC)C(C(=O)N1CCC[C@H]1c1ncc(C2=CN(F)C([C@@H]3CCCN3)N2)[nH]1)c1ccccc1. The lowest BCUT2D eigenvalue weighted by Crippen LogP contribution is -2.47. The fourth-order valence-corrected chi connectivity index (χ4v) is 5.71. The van der Waals surface area contributed by atoms with Crippen molar-refractivity contribution in [3.05, 3.63) is 59.8 Å². The van der Waals surface area contributed by atoms with E-state index >= 15 is 0 Å². The van der Waals surface area contributed by atoms with Gasteiger partial charge in [0.25, 0.3) is 0 Å². The van der Waals surface area contributed by atoms with E-state index < -0.39 is 6.17 Å². The Morgan fingerprint density at radius 1 is 1.20 bits per heavy atom. The fourth-order valence-electron chi connectivity index (χ4n) is 5.71. The molecule has 5 rings (SSSR count). The number of imidazole rings is 1. The van der Waals surface area contributed by atoms with Crippen LogP contribution in [0.15, 0.2) is 42.7 Å². The third-order valence-corrected chi connectivity index (χ3v) is 7.57. The number of likely N-dealkylation sites (N-methyl/N-ethyl adjacent to an activating group) is 1. The monoisotopic (exact) mass is 481 g/mol. The van der Waals surface area contributed by atoms with Gasteiger partial charge in [-0.25, -0.2) is 4.98 Å². The van der Waals surface area contributed by atoms with Crippen molar-refractivity contribution in [2.45, 2.75) is 63.8 Å². The molecule has 3 aliphatic heterocycles. The number of carbonyl (C=O) groups excluding carboxylic acids is 1. The quantitative estimate of drug-likeness (QED) is 0.502. The summed E-state index contributed by atoms with van der Waals surface area (Å²) in [5.74, 6) is 0.869. The second-order valence-electron chi connectivity index (χ2n) is 9.59. The summed E-state index contributed by atoms with van der Waals surface area (Å²) in [6.07, 6.45) is 6.61. The van der Waals surface area contributed by atoms with Crippen LogP contribution in [0.3, 0.4) is 0 Å². The number of amides is 1. The zero-order valence-electron chi connectivity index (χ0n) is 20.6. The van der Waals surface area contributed by atoms with Gasteiger partial charge in [-0.15, -0.1) is 0 Å². The molecule has 3 N–H and O–H groups in total. The van der Waals surface area contributed by atoms with Crippen molar-refractivity contribution in [3.63, 3.8) is 0 Å². The number of hydrogen-bond donors (Lipinski definition) is 3. The van der Waals surface area contributed by atoms with E-state index in [-0.39, 0.29) is 24.0 Å². The van der Waals surface area contributed by atoms with Gasteiger partial charge in [-0.1, -0.05) is 48.7 Å². The summed E-state index contributed by atoms with van der Waals surface area (Å²) in [5, 5.41) is 7.41. The lowest BCUT2D eigenvalue weighted by atomic mass is 10.0. The lowest BCUT2D eigenvalue weighted by Gasteiger charge is -2.34. The average Bonchev–Trinajstić information content (AvgIpc) is 3.68. The van der Waals surface area contributed by atoms with E-state index in [9.17, 15) is 9.28 Å². The second kappa shape index (κ2) is 10.4. The molecule has 1 aromatic carbocycles. The summed E-state index contributed by atoms with van der Waals surface area (Å²) in [6, 6.07) is 9.67. The molecule has 2 unspecified atom stereocenters. The molecule has 0 spiro atoms. The van der Waals surface area contributed by atoms with Crippen molar-refractivity contribution < 1.29 is 9.28 Å². The van der Waals surface area contributed by atoms with Crippen molar-refractivity contribution in [1.29, 1.82) is 0 Å². The number of benzene rings is 1. The van der Waals surface area contributed by atoms with Crippen LogP contribution in [0.25, 0.3) is 5.70 Å². The number of hydrogen-bond acceptors (Lipinski definition) is 6. The average molecular weight is 482 g/mol. The summed E-state index contributed by atoms with van der Waals surface area (Å²) < 4.78 is 14.6. The summed E-state index contributed by atoms with van der Waals surface area (Å²) in [7, 11) is 0. The molecule has 188 valence electrons. The fraction of sp³-hybridized carbons (Fsp3) is 0.538. The van der Waals surface area contributed by atoms with Crippen molar-refractivity contribution in [1.82, 2.24) is 35.5 Å². The number of halogens is 1. The minimum absolute atomic E-state index is 0.0779. The Morgan fingerprint density at radius 2 is 2.00 bits per heavy atom. The minimum atomic E-state index is -0.412. The molecular formula is C26H36FN7O. The Morgan fingerprint density at radius 3 is 2.71 bits per heavy atom. The highest BCUT2D eigenvalue weighted by Crippen LogP contribution is 2.35. The van der Waals surface area contributed by atoms with E-state index in [0.29, 0.717) is 12.2 Å². The van der Waals surface area contributed by atoms with Gasteiger partial charge < -0.3 is 20.5 Å². The van der Waals surface area contributed by atoms with Crippen LogP contribution < -0.4 is 10.6 Å². The number of carbonyl (C=O) groups is 1. The largest absolute Gasteiger partial charge is 0.359 e. The number of likely N-dealkylation sites (tertiary alicyclic amines) is 1. The first-order valence-electron chi connectivity index (χ1n) is 12.9. The molecule has 0 bridgehead atoms. The van der Waals surface area contributed by atoms with Gasteiger partial charge in [0.05, 0.1) is 29.8 Å². The first kappa shape index (κ1) is 23.8. The number of rotatable bonds is 8. The van der Waals surface area contributed by atoms with Crippen LogP contribution in [0.4, 0.5) is 4.48 Å². The standard InChI is InChI=1S/C26H36FN7O/c1-3-32(4-2)23(18-10-6-5-7-11-18)26(35)33-15-9-13-22(33)24-29-16-20(30-24)21-17-34(27)25(31-21)19-12-8-14-28-19/h5-7,10-11,16-17,19,22-23,25,28,31H,3-4,8-9,12-15H2,1-2H3,(H,29,30)/t19-,22-,23?,25?/m0/s1. The highest BCUT2D eigenvalue weighted by molar-refractivity contribution is 5.84. The molecule has 9 heteroatoms. The third kappa shape index (κ3) is 4.67. The molecule has 2 fully saturated rings. The highest BCUT2D eigenvalue weighted by Gasteiger charge is 2.39. The number of nitrogens with one attached hydrogen (secondary N) is 3. The molecule has 4 heterocycles. The Balaban J connectivity index is 1.34. The minimum Gasteiger partial charge on any atom is -0.359 e. The maximum Gasteiger partial charge on any atom is 0.245 e. The van der Waals surface area contributed by atoms with E-state index in [1.54, 1.807) is 6.20 Å². The molecular weight excluding hydrogens is 445 g/mol. The molecule has 0 saturated carbocycles. The number of aromatic nitrogens is 2. The lowest BCUT2D eigenvalue weighted by molar-refractivity contribution is -0.138. The van der Waals surface area contributed by atoms with Crippen LogP contribution in [-0.2, 0) is 4.79 Å². The Bertz CT molecular complexity index is 1030. The van der Waals surface area contributed by atoms with Gasteiger partial charge in [0, 0.05) is 12.6 Å². The van der Waals surface area contributed by atoms with Crippen LogP contribution in [0, 0.1) is 0 Å². The molecule has 1 amide bonds. The first-order valence-corrected chi connectivity index (χ1v) is 12.9. The van der Waals surface area contributed by atoms with Crippen molar-refractivity contribution in [2.75, 3.05) is 26.2 Å². The topological polar surface area (TPSA) is 79.5 Å². The van der Waals surface area contributed by atoms with Gasteiger partial charge in [0.2, 0.25) is 5.91 Å². The van der Waals surface area contributed by atoms with Crippen LogP contribution in [-0.4, -0.2) is 69.2 Å². The predicted octanol–water partition coefficient (Wildman–Crippen LogP) is 3.32. The van der Waals surface area contributed by atoms with Crippen LogP contribution in [0.2, 0.25) is 0 Å². The van der Waals surface area contributed by atoms with Gasteiger partial charge >= 0.3 is 0 Å². The molecule has 35 heavy (non-hydrogen) atoms. The Kier molecular flexibility index (Phi) is 7.06. The van der Waals surface area contributed by atoms with E-state index in [2.05, 4.69) is 39.3 Å². The molecule has 1 aromatic heterocycles. The maximum absolute atomic E-state index is 14.6. The molecule has 3 aliphatic rings. The van der Waals surface area contributed by atoms with Crippen LogP contribution in [0.5, 0.6) is 0 Å². The molecule has 8 nitrogen and oxygen atoms in total. The van der Waals surface area contributed by atoms with Gasteiger partial charge in [-0.3, -0.25) is 9.69 Å². The third-order valence-electron chi connectivity index (χ3n) is 7.57. The number of H-pyrrole nitrogens is 1. The van der Waals surface area contributed by atoms with Gasteiger partial charge in [-0.2, -0.15) is 5.12 Å². The zero-order valence-corrected chi connectivity index (χ0v) is 20.6. The van der Waals surface area contributed by atoms with E-state index in [4.69, 9.17) is 0 Å². The molecule has 0 aliphatic carbocycles. The van der Waals surface area contributed by atoms with Gasteiger partial charge in [0.1, 0.15) is 18.0 Å². The Hall–Kier alpha value is -2.91. The smallest absolute Gasteiger partial charge is 0.245 e. The molecule has 2 saturated heterocycles.